The van der Waals surface area contributed by atoms with Gasteiger partial charge in [0, 0.05) is 0 Å². The summed E-state index contributed by atoms with van der Waals surface area (Å²) in [7, 11) is 0.471. The molecule has 0 amide bonds. The summed E-state index contributed by atoms with van der Waals surface area (Å²) in [6.07, 6.45) is 0. The molecule has 0 heterocycles. The summed E-state index contributed by atoms with van der Waals surface area (Å²) in [5, 5.41) is 10.2. The maximum Gasteiger partial charge on any atom is 0.309 e. The first-order chi connectivity index (χ1) is 3.56. The van der Waals surface area contributed by atoms with E-state index in [4.69, 9.17) is 0 Å². The second-order valence-corrected chi connectivity index (χ2v) is 7.39. The molecule has 0 aliphatic heterocycles. The number of hydrogen-bond acceptors (Lipinski definition) is 2. The molecule has 0 rings (SSSR count). The van der Waals surface area contributed by atoms with Crippen LogP contribution in [0.5, 0.6) is 0 Å². The third-order valence-corrected chi connectivity index (χ3v) is 1.26. The number of hydrogen-bond donors (Lipinski definition) is 1. The van der Waals surface area contributed by atoms with Gasteiger partial charge in [-0.25, -0.2) is 0 Å². The van der Waals surface area contributed by atoms with E-state index in [9.17, 15) is 0 Å². The molecule has 3 nitrogen and oxygen atoms in total. The monoisotopic (exact) mass is 131 g/mol. The largest absolute Gasteiger partial charge is 0.309 e. The average Bonchev–Trinajstić information content (AvgIpc) is 1.59. The summed E-state index contributed by atoms with van der Waals surface area (Å²) in [5.74, 6) is 0. The zero-order chi connectivity index (χ0) is 6.62. The molecule has 0 bridgehead atoms. The van der Waals surface area contributed by atoms with Crippen LogP contribution < -0.4 is 10.3 Å². The molecule has 0 unspecified atom stereocenters. The second kappa shape index (κ2) is 2.81. The van der Waals surface area contributed by atoms with Gasteiger partial charge in [0.05, 0.1) is 5.11 Å². The van der Waals surface area contributed by atoms with Crippen LogP contribution in [0.25, 0.3) is 0 Å². The van der Waals surface area contributed by atoms with Crippen molar-refractivity contribution in [3.8, 4) is 0 Å². The molecule has 4 heteroatoms. The molecule has 1 N–H and O–H groups in total. The lowest BCUT2D eigenvalue weighted by atomic mass is 11.6. The van der Waals surface area contributed by atoms with E-state index in [1.807, 2.05) is 0 Å². The van der Waals surface area contributed by atoms with Crippen molar-refractivity contribution in [3.63, 3.8) is 0 Å². The van der Waals surface area contributed by atoms with Gasteiger partial charge in [-0.3, -0.25) is 0 Å². The molecule has 0 aromatic heterocycles. The summed E-state index contributed by atoms with van der Waals surface area (Å²) < 4.78 is 0. The zero-order valence-corrected chi connectivity index (χ0v) is 6.89. The van der Waals surface area contributed by atoms with Gasteiger partial charge in [0.25, 0.3) is 0 Å². The number of rotatable bonds is 2. The molecule has 0 aliphatic carbocycles. The van der Waals surface area contributed by atoms with Crippen LogP contribution in [0.1, 0.15) is 0 Å². The standard InChI is InChI=1S/C4H13N3Si/c1-5-6-7-8(2,3)4/h1-4H3,(H,5,7)/q+1. The van der Waals surface area contributed by atoms with E-state index in [0.717, 1.165) is 0 Å². The first-order valence-electron chi connectivity index (χ1n) is 2.62. The quantitative estimate of drug-likeness (QED) is 0.335. The Morgan fingerprint density at radius 2 is 1.88 bits per heavy atom. The first kappa shape index (κ1) is 7.62. The maximum atomic E-state index is 3.68. The molecule has 47 valence electrons. The van der Waals surface area contributed by atoms with E-state index in [1.54, 1.807) is 7.05 Å². The van der Waals surface area contributed by atoms with Gasteiger partial charge < -0.3 is 0 Å². The Morgan fingerprint density at radius 3 is 2.00 bits per heavy atom. The minimum Gasteiger partial charge on any atom is -0.144 e. The van der Waals surface area contributed by atoms with Gasteiger partial charge in [0.1, 0.15) is 7.05 Å². The van der Waals surface area contributed by atoms with E-state index in [2.05, 4.69) is 35.1 Å². The van der Waals surface area contributed by atoms with Crippen molar-refractivity contribution < 1.29 is 0 Å². The average molecular weight is 131 g/mol. The van der Waals surface area contributed by atoms with Gasteiger partial charge in [0.15, 0.2) is 0 Å². The Bertz CT molecular complexity index is 83.8. The van der Waals surface area contributed by atoms with Gasteiger partial charge in [-0.1, -0.05) is 0 Å². The fraction of sp³-hybridized carbons (Fsp3) is 1.00. The van der Waals surface area contributed by atoms with Crippen LogP contribution in [-0.2, 0) is 0 Å². The summed E-state index contributed by atoms with van der Waals surface area (Å²) in [5.41, 5.74) is 0. The fourth-order valence-corrected chi connectivity index (χ4v) is 0.600. The Labute approximate surface area is 51.3 Å². The molecule has 0 fully saturated rings. The highest BCUT2D eigenvalue weighted by Gasteiger charge is 2.18. The second-order valence-electron chi connectivity index (χ2n) is 2.66. The number of nitrogens with one attached hydrogen (secondary N) is 1. The molecule has 0 atom stereocenters. The summed E-state index contributed by atoms with van der Waals surface area (Å²) in [4.78, 5) is 0. The van der Waals surface area contributed by atoms with Crippen molar-refractivity contribution in [3.05, 3.63) is 0 Å². The van der Waals surface area contributed by atoms with Crippen LogP contribution in [0.3, 0.4) is 0 Å². The van der Waals surface area contributed by atoms with Crippen LogP contribution >= 0.6 is 0 Å². The Kier molecular flexibility index (Phi) is 2.68. The predicted octanol–water partition coefficient (Wildman–Crippen LogP) is 0.744. The van der Waals surface area contributed by atoms with Crippen molar-refractivity contribution in [2.75, 3.05) is 7.05 Å². The Hall–Kier alpha value is -0.383. The smallest absolute Gasteiger partial charge is 0.144 e. The van der Waals surface area contributed by atoms with E-state index in [-0.39, 0.29) is 0 Å². The van der Waals surface area contributed by atoms with Crippen LogP contribution in [0, 0.1) is 0 Å². The SMILES string of the molecule is CN=[N+]N[Si](C)(C)C. The molecule has 8 heavy (non-hydrogen) atoms. The number of nitrogens with zero attached hydrogens (tertiary/aromatic N) is 2. The van der Waals surface area contributed by atoms with Crippen LogP contribution in [0.15, 0.2) is 5.11 Å². The zero-order valence-electron chi connectivity index (χ0n) is 5.89. The van der Waals surface area contributed by atoms with Gasteiger partial charge in [-0.05, 0) is 19.6 Å². The first-order valence-corrected chi connectivity index (χ1v) is 6.12. The minimum absolute atomic E-state index is 1.19. The highest BCUT2D eigenvalue weighted by molar-refractivity contribution is 6.73. The van der Waals surface area contributed by atoms with Gasteiger partial charge in [-0.15, -0.1) is 5.09 Å². The van der Waals surface area contributed by atoms with Crippen molar-refractivity contribution >= 4 is 8.24 Å². The van der Waals surface area contributed by atoms with Gasteiger partial charge in [0.2, 0.25) is 8.24 Å². The molecular weight excluding hydrogens is 118 g/mol. The third-order valence-electron chi connectivity index (χ3n) is 0.485. The molecule has 0 saturated carbocycles. The van der Waals surface area contributed by atoms with Crippen molar-refractivity contribution in [1.29, 1.82) is 0 Å². The molecular formula is C4H13N3Si+. The molecule has 0 spiro atoms. The van der Waals surface area contributed by atoms with Gasteiger partial charge in [-0.2, -0.15) is 0 Å². The highest BCUT2D eigenvalue weighted by Crippen LogP contribution is 1.89. The lowest BCUT2D eigenvalue weighted by Crippen LogP contribution is -2.41. The van der Waals surface area contributed by atoms with E-state index < -0.39 is 8.24 Å². The van der Waals surface area contributed by atoms with Gasteiger partial charge >= 0.3 is 5.22 Å². The lowest BCUT2D eigenvalue weighted by molar-refractivity contribution is 0.783. The topological polar surface area (TPSA) is 38.5 Å². The summed E-state index contributed by atoms with van der Waals surface area (Å²) in [6, 6.07) is 0. The Balaban J connectivity index is 3.39. The van der Waals surface area contributed by atoms with Crippen molar-refractivity contribution in [2.24, 2.45) is 5.11 Å². The van der Waals surface area contributed by atoms with E-state index in [0.29, 0.717) is 0 Å². The van der Waals surface area contributed by atoms with E-state index >= 15 is 0 Å². The van der Waals surface area contributed by atoms with Crippen LogP contribution in [-0.4, -0.2) is 15.3 Å². The minimum atomic E-state index is -1.19. The normalized spacial score (nSPS) is 12.5. The van der Waals surface area contributed by atoms with Crippen molar-refractivity contribution in [1.82, 2.24) is 10.3 Å². The summed E-state index contributed by atoms with van der Waals surface area (Å²) in [6.45, 7) is 6.51. The van der Waals surface area contributed by atoms with E-state index in [1.165, 1.54) is 0 Å². The summed E-state index contributed by atoms with van der Waals surface area (Å²) >= 11 is 0. The van der Waals surface area contributed by atoms with Crippen LogP contribution in [0.2, 0.25) is 19.6 Å². The Morgan fingerprint density at radius 1 is 1.38 bits per heavy atom. The molecule has 0 aliphatic rings. The van der Waals surface area contributed by atoms with Crippen LogP contribution in [0.4, 0.5) is 0 Å². The third kappa shape index (κ3) is 5.62. The lowest BCUT2D eigenvalue weighted by Gasteiger charge is -2.02. The van der Waals surface area contributed by atoms with Crippen molar-refractivity contribution in [2.45, 2.75) is 19.6 Å². The molecule has 0 saturated heterocycles. The molecule has 0 aromatic rings. The highest BCUT2D eigenvalue weighted by atomic mass is 28.3. The predicted molar refractivity (Wildman–Crippen MR) is 37.0 cm³/mol. The maximum absolute atomic E-state index is 3.68. The fourth-order valence-electron chi connectivity index (χ4n) is 0.200. The molecule has 0 aromatic carbocycles. The molecule has 1 radical (unpaired) electrons.